The summed E-state index contributed by atoms with van der Waals surface area (Å²) in [7, 11) is 1.36. The molecule has 1 saturated heterocycles. The van der Waals surface area contributed by atoms with Crippen LogP contribution in [0.3, 0.4) is 0 Å². The summed E-state index contributed by atoms with van der Waals surface area (Å²) in [4.78, 5) is 28.0. The van der Waals surface area contributed by atoms with Crippen molar-refractivity contribution in [2.45, 2.75) is 13.5 Å². The highest BCUT2D eigenvalue weighted by atomic mass is 16.5. The molecule has 0 radical (unpaired) electrons. The van der Waals surface area contributed by atoms with Gasteiger partial charge in [0.15, 0.2) is 0 Å². The lowest BCUT2D eigenvalue weighted by Crippen LogP contribution is -2.51. The molecule has 1 N–H and O–H groups in total. The van der Waals surface area contributed by atoms with Gasteiger partial charge < -0.3 is 19.9 Å². The van der Waals surface area contributed by atoms with Crippen LogP contribution in [-0.4, -0.2) is 50.2 Å². The van der Waals surface area contributed by atoms with Crippen molar-refractivity contribution < 1.29 is 14.3 Å². The number of carbonyl (C=O) groups excluding carboxylic acids is 2. The van der Waals surface area contributed by atoms with E-state index >= 15 is 0 Å². The van der Waals surface area contributed by atoms with Gasteiger partial charge in [0.1, 0.15) is 0 Å². The average Bonchev–Trinajstić information content (AvgIpc) is 2.72. The quantitative estimate of drug-likeness (QED) is 0.844. The number of amides is 2. The molecule has 0 aliphatic carbocycles. The maximum absolute atomic E-state index is 12.4. The van der Waals surface area contributed by atoms with Gasteiger partial charge in [-0.2, -0.15) is 0 Å². The van der Waals surface area contributed by atoms with Crippen LogP contribution in [-0.2, 0) is 11.3 Å². The van der Waals surface area contributed by atoms with Crippen LogP contribution >= 0.6 is 0 Å². The Balaban J connectivity index is 1.48. The van der Waals surface area contributed by atoms with E-state index in [-0.39, 0.29) is 12.0 Å². The Bertz CT molecular complexity index is 797. The summed E-state index contributed by atoms with van der Waals surface area (Å²) in [5.41, 5.74) is 3.93. The van der Waals surface area contributed by atoms with Crippen molar-refractivity contribution in [3.8, 4) is 0 Å². The molecular weight excluding hydrogens is 342 g/mol. The summed E-state index contributed by atoms with van der Waals surface area (Å²) >= 11 is 0. The van der Waals surface area contributed by atoms with Gasteiger partial charge in [0.05, 0.1) is 12.7 Å². The Morgan fingerprint density at radius 1 is 1.00 bits per heavy atom. The highest BCUT2D eigenvalue weighted by Crippen LogP contribution is 2.20. The smallest absolute Gasteiger partial charge is 0.337 e. The monoisotopic (exact) mass is 367 g/mol. The third-order valence-corrected chi connectivity index (χ3v) is 4.84. The molecule has 2 aromatic rings. The van der Waals surface area contributed by atoms with Crippen LogP contribution in [0.5, 0.6) is 0 Å². The molecular formula is C21H25N3O3. The zero-order chi connectivity index (χ0) is 19.2. The number of carbonyl (C=O) groups is 2. The topological polar surface area (TPSA) is 61.9 Å². The van der Waals surface area contributed by atoms with E-state index in [2.05, 4.69) is 34.0 Å². The molecule has 6 heteroatoms. The van der Waals surface area contributed by atoms with E-state index in [1.165, 1.54) is 18.4 Å². The summed E-state index contributed by atoms with van der Waals surface area (Å²) in [6.45, 7) is 5.58. The van der Waals surface area contributed by atoms with Gasteiger partial charge in [-0.15, -0.1) is 0 Å². The van der Waals surface area contributed by atoms with Gasteiger partial charge in [0, 0.05) is 38.4 Å². The van der Waals surface area contributed by atoms with E-state index in [0.29, 0.717) is 25.2 Å². The largest absolute Gasteiger partial charge is 0.465 e. The standard InChI is InChI=1S/C21H25N3O3/c1-16-5-3-4-6-19(16)23-11-13-24(14-12-23)21(26)22-15-17-7-9-18(10-8-17)20(25)27-2/h3-10H,11-15H2,1-2H3,(H,22,26). The molecule has 2 amide bonds. The number of nitrogens with one attached hydrogen (secondary N) is 1. The first-order valence-corrected chi connectivity index (χ1v) is 9.09. The maximum atomic E-state index is 12.4. The Labute approximate surface area is 159 Å². The molecule has 27 heavy (non-hydrogen) atoms. The van der Waals surface area contributed by atoms with E-state index in [1.807, 2.05) is 29.2 Å². The number of rotatable bonds is 4. The minimum atomic E-state index is -0.364. The van der Waals surface area contributed by atoms with Crippen molar-refractivity contribution in [1.29, 1.82) is 0 Å². The minimum absolute atomic E-state index is 0.0588. The molecule has 1 aliphatic rings. The zero-order valence-corrected chi connectivity index (χ0v) is 15.8. The van der Waals surface area contributed by atoms with Gasteiger partial charge in [-0.05, 0) is 36.2 Å². The van der Waals surface area contributed by atoms with E-state index in [1.54, 1.807) is 12.1 Å². The number of hydrogen-bond acceptors (Lipinski definition) is 4. The number of methoxy groups -OCH3 is 1. The number of piperazine rings is 1. The molecule has 2 aromatic carbocycles. The minimum Gasteiger partial charge on any atom is -0.465 e. The number of hydrogen-bond donors (Lipinski definition) is 1. The lowest BCUT2D eigenvalue weighted by Gasteiger charge is -2.36. The van der Waals surface area contributed by atoms with Crippen LogP contribution < -0.4 is 10.2 Å². The molecule has 142 valence electrons. The number of nitrogens with zero attached hydrogens (tertiary/aromatic N) is 2. The molecule has 1 fully saturated rings. The predicted octanol–water partition coefficient (Wildman–Crippen LogP) is 2.81. The van der Waals surface area contributed by atoms with Crippen molar-refractivity contribution in [2.24, 2.45) is 0 Å². The number of aryl methyl sites for hydroxylation is 1. The van der Waals surface area contributed by atoms with Crippen LogP contribution in [0.15, 0.2) is 48.5 Å². The van der Waals surface area contributed by atoms with Gasteiger partial charge in [0.25, 0.3) is 0 Å². The third kappa shape index (κ3) is 4.58. The Morgan fingerprint density at radius 3 is 2.30 bits per heavy atom. The van der Waals surface area contributed by atoms with E-state index in [4.69, 9.17) is 0 Å². The van der Waals surface area contributed by atoms with Crippen LogP contribution in [0.25, 0.3) is 0 Å². The van der Waals surface area contributed by atoms with Gasteiger partial charge in [-0.1, -0.05) is 30.3 Å². The number of urea groups is 1. The Hall–Kier alpha value is -3.02. The number of para-hydroxylation sites is 1. The molecule has 1 heterocycles. The fourth-order valence-electron chi connectivity index (χ4n) is 3.23. The van der Waals surface area contributed by atoms with Crippen LogP contribution in [0.4, 0.5) is 10.5 Å². The van der Waals surface area contributed by atoms with Gasteiger partial charge in [-0.3, -0.25) is 0 Å². The second kappa shape index (κ2) is 8.58. The van der Waals surface area contributed by atoms with Crippen molar-refractivity contribution in [1.82, 2.24) is 10.2 Å². The lowest BCUT2D eigenvalue weighted by molar-refractivity contribution is 0.0600. The molecule has 3 rings (SSSR count). The fraction of sp³-hybridized carbons (Fsp3) is 0.333. The fourth-order valence-corrected chi connectivity index (χ4v) is 3.23. The number of anilines is 1. The van der Waals surface area contributed by atoms with Crippen molar-refractivity contribution in [3.05, 3.63) is 65.2 Å². The van der Waals surface area contributed by atoms with E-state index in [9.17, 15) is 9.59 Å². The second-order valence-corrected chi connectivity index (χ2v) is 6.61. The van der Waals surface area contributed by atoms with Crippen LogP contribution in [0.2, 0.25) is 0 Å². The Morgan fingerprint density at radius 2 is 1.67 bits per heavy atom. The summed E-state index contributed by atoms with van der Waals surface area (Å²) < 4.78 is 4.68. The van der Waals surface area contributed by atoms with E-state index < -0.39 is 0 Å². The molecule has 0 spiro atoms. The molecule has 6 nitrogen and oxygen atoms in total. The maximum Gasteiger partial charge on any atom is 0.337 e. The SMILES string of the molecule is COC(=O)c1ccc(CNC(=O)N2CCN(c3ccccc3C)CC2)cc1. The first kappa shape index (κ1) is 18.8. The number of benzene rings is 2. The second-order valence-electron chi connectivity index (χ2n) is 6.61. The van der Waals surface area contributed by atoms with Gasteiger partial charge in [-0.25, -0.2) is 9.59 Å². The third-order valence-electron chi connectivity index (χ3n) is 4.84. The summed E-state index contributed by atoms with van der Waals surface area (Å²) in [6, 6.07) is 15.3. The summed E-state index contributed by atoms with van der Waals surface area (Å²) in [6.07, 6.45) is 0. The van der Waals surface area contributed by atoms with Gasteiger partial charge >= 0.3 is 12.0 Å². The van der Waals surface area contributed by atoms with Crippen molar-refractivity contribution in [3.63, 3.8) is 0 Å². The molecule has 0 atom stereocenters. The van der Waals surface area contributed by atoms with Crippen molar-refractivity contribution >= 4 is 17.7 Å². The predicted molar refractivity (Wildman–Crippen MR) is 105 cm³/mol. The first-order chi connectivity index (χ1) is 13.1. The average molecular weight is 367 g/mol. The van der Waals surface area contributed by atoms with Crippen LogP contribution in [0, 0.1) is 6.92 Å². The lowest BCUT2D eigenvalue weighted by atomic mass is 10.1. The molecule has 0 saturated carbocycles. The highest BCUT2D eigenvalue weighted by Gasteiger charge is 2.21. The summed E-state index contributed by atoms with van der Waals surface area (Å²) in [5.74, 6) is -0.364. The molecule has 1 aliphatic heterocycles. The molecule has 0 unspecified atom stereocenters. The Kier molecular flexibility index (Phi) is 5.96. The van der Waals surface area contributed by atoms with Crippen molar-refractivity contribution in [2.75, 3.05) is 38.2 Å². The number of esters is 1. The van der Waals surface area contributed by atoms with E-state index in [0.717, 1.165) is 18.7 Å². The molecule has 0 aromatic heterocycles. The normalized spacial score (nSPS) is 14.0. The van der Waals surface area contributed by atoms with Crippen LogP contribution in [0.1, 0.15) is 21.5 Å². The number of ether oxygens (including phenoxy) is 1. The first-order valence-electron chi connectivity index (χ1n) is 9.09. The zero-order valence-electron chi connectivity index (χ0n) is 15.8. The molecule has 0 bridgehead atoms. The van der Waals surface area contributed by atoms with Gasteiger partial charge in [0.2, 0.25) is 0 Å². The highest BCUT2D eigenvalue weighted by molar-refractivity contribution is 5.89. The summed E-state index contributed by atoms with van der Waals surface area (Å²) in [5, 5.41) is 2.95.